The van der Waals surface area contributed by atoms with Crippen LogP contribution in [-0.2, 0) is 0 Å². The Labute approximate surface area is 246 Å². The second kappa shape index (κ2) is 27.4. The summed E-state index contributed by atoms with van der Waals surface area (Å²) in [6, 6.07) is 0.587. The molecule has 1 aromatic heterocycles. The van der Waals surface area contributed by atoms with Gasteiger partial charge in [-0.1, -0.05) is 188 Å². The molecular weight excluding hydrogens is 472 g/mol. The highest BCUT2D eigenvalue weighted by molar-refractivity contribution is 5.01. The zero-order chi connectivity index (χ0) is 28.2. The Morgan fingerprint density at radius 3 is 1.21 bits per heavy atom. The third kappa shape index (κ3) is 20.7. The zero-order valence-electron chi connectivity index (χ0n) is 27.5. The van der Waals surface area contributed by atoms with E-state index in [0.29, 0.717) is 12.0 Å². The van der Waals surface area contributed by atoms with Crippen molar-refractivity contribution in [3.05, 3.63) is 18.2 Å². The predicted molar refractivity (Wildman–Crippen MR) is 176 cm³/mol. The predicted octanol–water partition coefficient (Wildman–Crippen LogP) is 13.5. The van der Waals surface area contributed by atoms with Crippen LogP contribution in [0, 0.1) is 0 Å². The van der Waals surface area contributed by atoms with Gasteiger partial charge < -0.3 is 4.57 Å². The van der Waals surface area contributed by atoms with Crippen LogP contribution in [0.3, 0.4) is 0 Å². The molecule has 2 unspecified atom stereocenters. The molecule has 2 heteroatoms. The van der Waals surface area contributed by atoms with Crippen molar-refractivity contribution >= 4 is 0 Å². The quantitative estimate of drug-likeness (QED) is 0.0880. The van der Waals surface area contributed by atoms with Crippen LogP contribution >= 0.6 is 0 Å². The molecule has 0 N–H and O–H groups in total. The molecule has 0 saturated carbocycles. The van der Waals surface area contributed by atoms with Gasteiger partial charge in [-0.25, -0.2) is 4.98 Å². The monoisotopic (exact) mass is 545 g/mol. The smallest absolute Gasteiger partial charge is 0.111 e. The highest BCUT2D eigenvalue weighted by atomic mass is 15.1. The van der Waals surface area contributed by atoms with Crippen molar-refractivity contribution in [1.29, 1.82) is 0 Å². The Bertz CT molecular complexity index is 606. The molecule has 2 atom stereocenters. The van der Waals surface area contributed by atoms with E-state index in [1.165, 1.54) is 186 Å². The average Bonchev–Trinajstić information content (AvgIpc) is 3.44. The van der Waals surface area contributed by atoms with E-state index >= 15 is 0 Å². The van der Waals surface area contributed by atoms with Gasteiger partial charge in [0.15, 0.2) is 0 Å². The summed E-state index contributed by atoms with van der Waals surface area (Å²) in [4.78, 5) is 4.79. The van der Waals surface area contributed by atoms with Crippen molar-refractivity contribution in [3.8, 4) is 0 Å². The van der Waals surface area contributed by atoms with E-state index in [-0.39, 0.29) is 0 Å². The third-order valence-electron chi connectivity index (χ3n) is 9.08. The van der Waals surface area contributed by atoms with Crippen LogP contribution in [0.2, 0.25) is 0 Å². The molecule has 0 aromatic carbocycles. The second-order valence-corrected chi connectivity index (χ2v) is 13.0. The average molecular weight is 545 g/mol. The first kappa shape index (κ1) is 36.2. The van der Waals surface area contributed by atoms with Gasteiger partial charge in [-0.3, -0.25) is 0 Å². The summed E-state index contributed by atoms with van der Waals surface area (Å²) < 4.78 is 2.49. The minimum atomic E-state index is 0.585. The molecule has 0 amide bonds. The van der Waals surface area contributed by atoms with Crippen LogP contribution in [-0.4, -0.2) is 9.55 Å². The van der Waals surface area contributed by atoms with E-state index in [1.807, 2.05) is 6.20 Å². The van der Waals surface area contributed by atoms with Gasteiger partial charge in [0.2, 0.25) is 0 Å². The number of unbranched alkanes of at least 4 members (excludes halogenated alkanes) is 24. The summed E-state index contributed by atoms with van der Waals surface area (Å²) in [7, 11) is 0. The van der Waals surface area contributed by atoms with Crippen molar-refractivity contribution in [2.75, 3.05) is 0 Å². The molecule has 0 aliphatic heterocycles. The van der Waals surface area contributed by atoms with Gasteiger partial charge in [0.05, 0.1) is 0 Å². The topological polar surface area (TPSA) is 17.8 Å². The van der Waals surface area contributed by atoms with E-state index in [0.717, 1.165) is 0 Å². The van der Waals surface area contributed by atoms with Gasteiger partial charge in [-0.2, -0.15) is 0 Å². The van der Waals surface area contributed by atoms with Crippen LogP contribution in [0.25, 0.3) is 0 Å². The molecule has 1 heterocycles. The van der Waals surface area contributed by atoms with Gasteiger partial charge in [0.1, 0.15) is 5.82 Å². The van der Waals surface area contributed by atoms with Crippen molar-refractivity contribution in [2.45, 2.75) is 219 Å². The van der Waals surface area contributed by atoms with Gasteiger partial charge >= 0.3 is 0 Å². The second-order valence-electron chi connectivity index (χ2n) is 13.0. The number of imidazole rings is 1. The summed E-state index contributed by atoms with van der Waals surface area (Å²) in [6.07, 6.45) is 44.1. The first-order valence-electron chi connectivity index (χ1n) is 18.2. The zero-order valence-corrected chi connectivity index (χ0v) is 27.5. The molecule has 0 fully saturated rings. The maximum Gasteiger partial charge on any atom is 0.111 e. The molecule has 0 aliphatic carbocycles. The fourth-order valence-corrected chi connectivity index (χ4v) is 6.27. The molecule has 0 radical (unpaired) electrons. The Balaban J connectivity index is 2.00. The lowest BCUT2D eigenvalue weighted by Gasteiger charge is -2.20. The molecule has 39 heavy (non-hydrogen) atoms. The molecular formula is C37H72N2. The van der Waals surface area contributed by atoms with Gasteiger partial charge in [0.25, 0.3) is 0 Å². The lowest BCUT2D eigenvalue weighted by atomic mass is 10.00. The third-order valence-corrected chi connectivity index (χ3v) is 9.08. The normalized spacial score (nSPS) is 13.2. The Hall–Kier alpha value is -0.790. The lowest BCUT2D eigenvalue weighted by molar-refractivity contribution is 0.435. The van der Waals surface area contributed by atoms with Gasteiger partial charge in [0, 0.05) is 24.4 Å². The maximum atomic E-state index is 4.79. The standard InChI is InChI=1S/C37H72N2/c1-5-7-9-11-13-15-17-18-19-20-22-24-26-28-30-32-36(4)39-34-33-38-37(39)35(3)31-29-27-25-23-21-16-14-12-10-8-6-2/h33-36H,5-32H2,1-4H3. The Morgan fingerprint density at radius 2 is 0.821 bits per heavy atom. The van der Waals surface area contributed by atoms with E-state index in [4.69, 9.17) is 4.98 Å². The number of aromatic nitrogens is 2. The maximum absolute atomic E-state index is 4.79. The summed E-state index contributed by atoms with van der Waals surface area (Å²) >= 11 is 0. The fourth-order valence-electron chi connectivity index (χ4n) is 6.27. The highest BCUT2D eigenvalue weighted by Crippen LogP contribution is 2.26. The van der Waals surface area contributed by atoms with E-state index in [9.17, 15) is 0 Å². The largest absolute Gasteiger partial charge is 0.332 e. The number of nitrogens with zero attached hydrogens (tertiary/aromatic N) is 2. The minimum Gasteiger partial charge on any atom is -0.332 e. The molecule has 1 aromatic rings. The summed E-state index contributed by atoms with van der Waals surface area (Å²) in [5, 5.41) is 0. The molecule has 230 valence electrons. The van der Waals surface area contributed by atoms with Crippen molar-refractivity contribution in [1.82, 2.24) is 9.55 Å². The van der Waals surface area contributed by atoms with Crippen molar-refractivity contribution in [3.63, 3.8) is 0 Å². The molecule has 0 bridgehead atoms. The molecule has 0 spiro atoms. The minimum absolute atomic E-state index is 0.585. The van der Waals surface area contributed by atoms with Crippen LogP contribution in [0.5, 0.6) is 0 Å². The van der Waals surface area contributed by atoms with Crippen molar-refractivity contribution in [2.24, 2.45) is 0 Å². The van der Waals surface area contributed by atoms with E-state index in [2.05, 4.69) is 38.5 Å². The van der Waals surface area contributed by atoms with Crippen LogP contribution in [0.4, 0.5) is 0 Å². The SMILES string of the molecule is CCCCCCCCCCCCCCCCCC(C)n1ccnc1C(C)CCCCCCCCCCCCC. The summed E-state index contributed by atoms with van der Waals surface area (Å²) in [6.45, 7) is 9.41. The number of hydrogen-bond donors (Lipinski definition) is 0. The van der Waals surface area contributed by atoms with E-state index in [1.54, 1.807) is 0 Å². The lowest BCUT2D eigenvalue weighted by Crippen LogP contribution is -2.11. The summed E-state index contributed by atoms with van der Waals surface area (Å²) in [5.41, 5.74) is 0. The summed E-state index contributed by atoms with van der Waals surface area (Å²) in [5.74, 6) is 1.91. The van der Waals surface area contributed by atoms with Crippen LogP contribution in [0.1, 0.15) is 225 Å². The van der Waals surface area contributed by atoms with Crippen LogP contribution < -0.4 is 0 Å². The Morgan fingerprint density at radius 1 is 0.487 bits per heavy atom. The number of hydrogen-bond acceptors (Lipinski definition) is 1. The van der Waals surface area contributed by atoms with E-state index < -0.39 is 0 Å². The molecule has 2 nitrogen and oxygen atoms in total. The van der Waals surface area contributed by atoms with Crippen LogP contribution in [0.15, 0.2) is 12.4 Å². The molecule has 1 rings (SSSR count). The number of rotatable bonds is 30. The first-order chi connectivity index (χ1) is 19.2. The van der Waals surface area contributed by atoms with Gasteiger partial charge in [-0.15, -0.1) is 0 Å². The molecule has 0 aliphatic rings. The molecule has 0 saturated heterocycles. The first-order valence-corrected chi connectivity index (χ1v) is 18.2. The van der Waals surface area contributed by atoms with Crippen molar-refractivity contribution < 1.29 is 0 Å². The van der Waals surface area contributed by atoms with Gasteiger partial charge in [-0.05, 0) is 19.8 Å². The highest BCUT2D eigenvalue weighted by Gasteiger charge is 2.15. The Kier molecular flexibility index (Phi) is 25.4. The fraction of sp³-hybridized carbons (Fsp3) is 0.919.